The lowest BCUT2D eigenvalue weighted by atomic mass is 10.0. The van der Waals surface area contributed by atoms with Gasteiger partial charge in [0.2, 0.25) is 0 Å². The van der Waals surface area contributed by atoms with E-state index in [-0.39, 0.29) is 12.7 Å². The monoisotopic (exact) mass is 275 g/mol. The highest BCUT2D eigenvalue weighted by atomic mass is 35.5. The summed E-state index contributed by atoms with van der Waals surface area (Å²) >= 11 is 12.0. The van der Waals surface area contributed by atoms with Crippen molar-refractivity contribution in [3.05, 3.63) is 28.2 Å². The lowest BCUT2D eigenvalue weighted by Crippen LogP contribution is -2.32. The van der Waals surface area contributed by atoms with Crippen molar-refractivity contribution in [3.8, 4) is 5.75 Å². The van der Waals surface area contributed by atoms with Crippen LogP contribution >= 0.6 is 23.2 Å². The maximum Gasteiger partial charge on any atom is 0.139 e. The van der Waals surface area contributed by atoms with E-state index in [2.05, 4.69) is 5.32 Å². The van der Waals surface area contributed by atoms with E-state index in [0.29, 0.717) is 21.7 Å². The molecule has 0 unspecified atom stereocenters. The van der Waals surface area contributed by atoms with Gasteiger partial charge in [-0.3, -0.25) is 0 Å². The SMILES string of the molecule is OC[C@@H](Oc1cccc(Cl)c1Cl)[C@@H]1CCNC1. The van der Waals surface area contributed by atoms with E-state index in [0.717, 1.165) is 19.5 Å². The fraction of sp³-hybridized carbons (Fsp3) is 0.500. The topological polar surface area (TPSA) is 41.5 Å². The lowest BCUT2D eigenvalue weighted by molar-refractivity contribution is 0.0743. The minimum Gasteiger partial charge on any atom is -0.486 e. The van der Waals surface area contributed by atoms with Gasteiger partial charge < -0.3 is 15.2 Å². The van der Waals surface area contributed by atoms with Crippen molar-refractivity contribution in [2.24, 2.45) is 5.92 Å². The van der Waals surface area contributed by atoms with Crippen molar-refractivity contribution in [1.82, 2.24) is 5.32 Å². The van der Waals surface area contributed by atoms with Crippen molar-refractivity contribution in [2.75, 3.05) is 19.7 Å². The van der Waals surface area contributed by atoms with Gasteiger partial charge in [-0.15, -0.1) is 0 Å². The van der Waals surface area contributed by atoms with Crippen LogP contribution in [0.3, 0.4) is 0 Å². The number of aliphatic hydroxyl groups excluding tert-OH is 1. The molecule has 0 saturated carbocycles. The van der Waals surface area contributed by atoms with Crippen LogP contribution in [0.25, 0.3) is 0 Å². The van der Waals surface area contributed by atoms with Crippen LogP contribution in [-0.4, -0.2) is 30.9 Å². The Kier molecular flexibility index (Phi) is 4.51. The van der Waals surface area contributed by atoms with Gasteiger partial charge in [-0.2, -0.15) is 0 Å². The summed E-state index contributed by atoms with van der Waals surface area (Å²) in [7, 11) is 0. The molecule has 1 aliphatic rings. The first-order chi connectivity index (χ1) is 8.22. The van der Waals surface area contributed by atoms with Crippen molar-refractivity contribution in [3.63, 3.8) is 0 Å². The van der Waals surface area contributed by atoms with Gasteiger partial charge in [-0.05, 0) is 25.1 Å². The zero-order valence-corrected chi connectivity index (χ0v) is 10.8. The normalized spacial score (nSPS) is 21.5. The molecule has 1 fully saturated rings. The summed E-state index contributed by atoms with van der Waals surface area (Å²) in [6, 6.07) is 5.26. The van der Waals surface area contributed by atoms with Gasteiger partial charge in [0.1, 0.15) is 16.9 Å². The molecule has 2 N–H and O–H groups in total. The smallest absolute Gasteiger partial charge is 0.139 e. The second kappa shape index (κ2) is 5.91. The van der Waals surface area contributed by atoms with Gasteiger partial charge in [-0.1, -0.05) is 29.3 Å². The van der Waals surface area contributed by atoms with Crippen LogP contribution in [0.2, 0.25) is 10.0 Å². The third kappa shape index (κ3) is 3.05. The van der Waals surface area contributed by atoms with Crippen molar-refractivity contribution >= 4 is 23.2 Å². The van der Waals surface area contributed by atoms with Crippen LogP contribution < -0.4 is 10.1 Å². The minimum absolute atomic E-state index is 0.0187. The first-order valence-electron chi connectivity index (χ1n) is 5.64. The van der Waals surface area contributed by atoms with Gasteiger partial charge in [0, 0.05) is 12.5 Å². The summed E-state index contributed by atoms with van der Waals surface area (Å²) in [6.45, 7) is 1.81. The molecule has 2 rings (SSSR count). The number of hydrogen-bond acceptors (Lipinski definition) is 3. The summed E-state index contributed by atoms with van der Waals surface area (Å²) in [5.74, 6) is 0.847. The van der Waals surface area contributed by atoms with E-state index in [4.69, 9.17) is 27.9 Å². The minimum atomic E-state index is -0.235. The average molecular weight is 276 g/mol. The highest BCUT2D eigenvalue weighted by molar-refractivity contribution is 6.42. The molecule has 2 atom stereocenters. The molecule has 94 valence electrons. The molecule has 17 heavy (non-hydrogen) atoms. The number of halogens is 2. The first kappa shape index (κ1) is 13.0. The molecule has 0 spiro atoms. The zero-order chi connectivity index (χ0) is 12.3. The summed E-state index contributed by atoms with van der Waals surface area (Å²) in [5, 5.41) is 13.5. The van der Waals surface area contributed by atoms with Crippen molar-refractivity contribution in [2.45, 2.75) is 12.5 Å². The van der Waals surface area contributed by atoms with Gasteiger partial charge in [0.25, 0.3) is 0 Å². The molecule has 1 aromatic rings. The van der Waals surface area contributed by atoms with Crippen LogP contribution in [0.1, 0.15) is 6.42 Å². The largest absolute Gasteiger partial charge is 0.486 e. The Balaban J connectivity index is 2.09. The van der Waals surface area contributed by atoms with Crippen molar-refractivity contribution < 1.29 is 9.84 Å². The quantitative estimate of drug-likeness (QED) is 0.887. The van der Waals surface area contributed by atoms with Crippen LogP contribution in [0.4, 0.5) is 0 Å². The number of benzene rings is 1. The standard InChI is InChI=1S/C12H15Cl2NO2/c13-9-2-1-3-10(12(9)14)17-11(7-16)8-4-5-15-6-8/h1-3,8,11,15-16H,4-7H2/t8-,11-/m1/s1. The molecule has 5 heteroatoms. The molecular formula is C12H15Cl2NO2. The molecule has 1 aliphatic heterocycles. The number of nitrogens with one attached hydrogen (secondary N) is 1. The lowest BCUT2D eigenvalue weighted by Gasteiger charge is -2.23. The number of aliphatic hydroxyl groups is 1. The fourth-order valence-electron chi connectivity index (χ4n) is 2.01. The molecule has 0 aliphatic carbocycles. The Labute approximate surface area is 111 Å². The van der Waals surface area contributed by atoms with E-state index < -0.39 is 0 Å². The Morgan fingerprint density at radius 1 is 1.47 bits per heavy atom. The molecule has 0 radical (unpaired) electrons. The molecule has 1 heterocycles. The predicted octanol–water partition coefficient (Wildman–Crippen LogP) is 2.34. The average Bonchev–Trinajstić information content (AvgIpc) is 2.85. The van der Waals surface area contributed by atoms with E-state index >= 15 is 0 Å². The molecule has 0 amide bonds. The number of hydrogen-bond donors (Lipinski definition) is 2. The van der Waals surface area contributed by atoms with E-state index in [1.807, 2.05) is 0 Å². The van der Waals surface area contributed by atoms with Gasteiger partial charge >= 0.3 is 0 Å². The van der Waals surface area contributed by atoms with Gasteiger partial charge in [0.15, 0.2) is 0 Å². The summed E-state index contributed by atoms with van der Waals surface area (Å²) in [6.07, 6.45) is 0.768. The molecule has 1 aromatic carbocycles. The third-order valence-electron chi connectivity index (χ3n) is 3.00. The molecule has 3 nitrogen and oxygen atoms in total. The zero-order valence-electron chi connectivity index (χ0n) is 9.33. The van der Waals surface area contributed by atoms with Gasteiger partial charge in [-0.25, -0.2) is 0 Å². The Bertz CT molecular complexity index is 381. The van der Waals surface area contributed by atoms with E-state index in [1.165, 1.54) is 0 Å². The van der Waals surface area contributed by atoms with Crippen LogP contribution in [0, 0.1) is 5.92 Å². The highest BCUT2D eigenvalue weighted by Crippen LogP contribution is 2.33. The summed E-state index contributed by atoms with van der Waals surface area (Å²) in [5.41, 5.74) is 0. The van der Waals surface area contributed by atoms with Crippen LogP contribution in [0.15, 0.2) is 18.2 Å². The molecular weight excluding hydrogens is 261 g/mol. The third-order valence-corrected chi connectivity index (χ3v) is 3.80. The Morgan fingerprint density at radius 2 is 2.29 bits per heavy atom. The first-order valence-corrected chi connectivity index (χ1v) is 6.40. The maximum absolute atomic E-state index is 9.38. The van der Waals surface area contributed by atoms with Crippen LogP contribution in [-0.2, 0) is 0 Å². The molecule has 0 aromatic heterocycles. The maximum atomic E-state index is 9.38. The number of ether oxygens (including phenoxy) is 1. The Morgan fingerprint density at radius 3 is 2.94 bits per heavy atom. The predicted molar refractivity (Wildman–Crippen MR) is 68.9 cm³/mol. The summed E-state index contributed by atoms with van der Waals surface area (Å²) < 4.78 is 5.75. The van der Waals surface area contributed by atoms with Crippen molar-refractivity contribution in [1.29, 1.82) is 0 Å². The second-order valence-electron chi connectivity index (χ2n) is 4.14. The molecule has 1 saturated heterocycles. The van der Waals surface area contributed by atoms with E-state index in [9.17, 15) is 5.11 Å². The van der Waals surface area contributed by atoms with E-state index in [1.54, 1.807) is 18.2 Å². The second-order valence-corrected chi connectivity index (χ2v) is 4.93. The number of rotatable bonds is 4. The highest BCUT2D eigenvalue weighted by Gasteiger charge is 2.26. The molecule has 0 bridgehead atoms. The Hall–Kier alpha value is -0.480. The fourth-order valence-corrected chi connectivity index (χ4v) is 2.35. The van der Waals surface area contributed by atoms with Gasteiger partial charge in [0.05, 0.1) is 11.6 Å². The van der Waals surface area contributed by atoms with Crippen LogP contribution in [0.5, 0.6) is 5.75 Å². The summed E-state index contributed by atoms with van der Waals surface area (Å²) in [4.78, 5) is 0.